The van der Waals surface area contributed by atoms with Crippen molar-refractivity contribution >= 4 is 9.84 Å². The first-order chi connectivity index (χ1) is 8.34. The van der Waals surface area contributed by atoms with Gasteiger partial charge >= 0.3 is 5.51 Å². The number of sulfone groups is 1. The lowest BCUT2D eigenvalue weighted by Gasteiger charge is -2.08. The van der Waals surface area contributed by atoms with Gasteiger partial charge in [-0.2, -0.15) is 18.3 Å². The minimum atomic E-state index is -5.41. The minimum Gasteiger partial charge on any atom is -0.276 e. The predicted molar refractivity (Wildman–Crippen MR) is 57.3 cm³/mol. The molecule has 0 aliphatic rings. The smallest absolute Gasteiger partial charge is 0.276 e. The van der Waals surface area contributed by atoms with Gasteiger partial charge in [-0.05, 0) is 0 Å². The van der Waals surface area contributed by atoms with Gasteiger partial charge in [0, 0.05) is 5.56 Å². The molecule has 0 radical (unpaired) electrons. The Bertz CT molecular complexity index is 647. The van der Waals surface area contributed by atoms with E-state index < -0.39 is 20.2 Å². The van der Waals surface area contributed by atoms with Gasteiger partial charge in [0.25, 0.3) is 9.84 Å². The van der Waals surface area contributed by atoms with Crippen molar-refractivity contribution in [2.75, 3.05) is 0 Å². The molecule has 18 heavy (non-hydrogen) atoms. The van der Waals surface area contributed by atoms with Crippen molar-refractivity contribution in [1.29, 1.82) is 0 Å². The van der Waals surface area contributed by atoms with Gasteiger partial charge in [-0.25, -0.2) is 8.42 Å². The Hall–Kier alpha value is -1.83. The van der Waals surface area contributed by atoms with E-state index in [1.54, 1.807) is 18.2 Å². The molecule has 0 spiro atoms. The number of nitrogens with zero attached hydrogens (tertiary/aromatic N) is 1. The first-order valence-corrected chi connectivity index (χ1v) is 6.22. The average Bonchev–Trinajstić information content (AvgIpc) is 2.78. The Kier molecular flexibility index (Phi) is 2.89. The van der Waals surface area contributed by atoms with Gasteiger partial charge in [-0.1, -0.05) is 30.3 Å². The van der Waals surface area contributed by atoms with E-state index >= 15 is 0 Å². The SMILES string of the molecule is O=S(=O)(c1cn[nH]c1-c1ccccc1)C(F)(F)F. The number of aromatic amines is 1. The van der Waals surface area contributed by atoms with E-state index in [1.807, 2.05) is 0 Å². The second-order valence-corrected chi connectivity index (χ2v) is 5.33. The highest BCUT2D eigenvalue weighted by Crippen LogP contribution is 2.34. The van der Waals surface area contributed by atoms with Crippen LogP contribution in [0, 0.1) is 0 Å². The van der Waals surface area contributed by atoms with Crippen molar-refractivity contribution in [2.45, 2.75) is 10.4 Å². The maximum Gasteiger partial charge on any atom is 0.502 e. The number of hydrogen-bond donors (Lipinski definition) is 1. The predicted octanol–water partition coefficient (Wildman–Crippen LogP) is 2.37. The zero-order valence-electron chi connectivity index (χ0n) is 8.77. The molecule has 96 valence electrons. The molecule has 1 heterocycles. The van der Waals surface area contributed by atoms with Gasteiger partial charge in [-0.15, -0.1) is 0 Å². The molecule has 0 saturated heterocycles. The highest BCUT2D eigenvalue weighted by Gasteiger charge is 2.48. The fourth-order valence-electron chi connectivity index (χ4n) is 1.42. The molecule has 1 N–H and O–H groups in total. The van der Waals surface area contributed by atoms with Crippen LogP contribution in [0.4, 0.5) is 13.2 Å². The van der Waals surface area contributed by atoms with E-state index in [4.69, 9.17) is 0 Å². The topological polar surface area (TPSA) is 62.8 Å². The van der Waals surface area contributed by atoms with Gasteiger partial charge in [0.05, 0.1) is 11.9 Å². The maximum absolute atomic E-state index is 12.5. The van der Waals surface area contributed by atoms with Crippen molar-refractivity contribution in [1.82, 2.24) is 10.2 Å². The van der Waals surface area contributed by atoms with E-state index in [2.05, 4.69) is 10.2 Å². The highest BCUT2D eigenvalue weighted by atomic mass is 32.2. The van der Waals surface area contributed by atoms with Crippen molar-refractivity contribution in [3.63, 3.8) is 0 Å². The Balaban J connectivity index is 2.61. The fourth-order valence-corrected chi connectivity index (χ4v) is 2.29. The molecular weight excluding hydrogens is 269 g/mol. The number of H-pyrrole nitrogens is 1. The number of hydrogen-bond acceptors (Lipinski definition) is 3. The highest BCUT2D eigenvalue weighted by molar-refractivity contribution is 7.92. The van der Waals surface area contributed by atoms with Gasteiger partial charge in [0.15, 0.2) is 0 Å². The molecule has 0 aliphatic carbocycles. The second kappa shape index (κ2) is 4.13. The van der Waals surface area contributed by atoms with Crippen LogP contribution in [-0.2, 0) is 9.84 Å². The molecular formula is C10H7F3N2O2S. The summed E-state index contributed by atoms with van der Waals surface area (Å²) in [6.45, 7) is 0. The molecule has 8 heteroatoms. The molecule has 2 aromatic rings. The summed E-state index contributed by atoms with van der Waals surface area (Å²) in [5.74, 6) is 0. The summed E-state index contributed by atoms with van der Waals surface area (Å²) in [6, 6.07) is 7.81. The van der Waals surface area contributed by atoms with E-state index in [0.717, 1.165) is 0 Å². The third-order valence-corrected chi connectivity index (χ3v) is 3.76. The number of halogens is 3. The Morgan fingerprint density at radius 3 is 2.28 bits per heavy atom. The normalized spacial score (nSPS) is 12.6. The van der Waals surface area contributed by atoms with Crippen LogP contribution in [0.5, 0.6) is 0 Å². The molecule has 1 aromatic heterocycles. The van der Waals surface area contributed by atoms with Crippen molar-refractivity contribution in [3.8, 4) is 11.3 Å². The lowest BCUT2D eigenvalue weighted by atomic mass is 10.2. The van der Waals surface area contributed by atoms with E-state index in [9.17, 15) is 21.6 Å². The Labute approximate surface area is 100 Å². The average molecular weight is 276 g/mol. The second-order valence-electron chi connectivity index (χ2n) is 3.42. The standard InChI is InChI=1S/C10H7F3N2O2S/c11-10(12,13)18(16,17)8-6-14-15-9(8)7-4-2-1-3-5-7/h1-6H,(H,14,15). The van der Waals surface area contributed by atoms with Gasteiger partial charge in [0.2, 0.25) is 0 Å². The minimum absolute atomic E-state index is 0.173. The molecule has 0 unspecified atom stereocenters. The number of aromatic nitrogens is 2. The third kappa shape index (κ3) is 1.99. The van der Waals surface area contributed by atoms with Crippen LogP contribution < -0.4 is 0 Å². The van der Waals surface area contributed by atoms with Crippen molar-refractivity contribution < 1.29 is 21.6 Å². The first-order valence-electron chi connectivity index (χ1n) is 4.74. The van der Waals surface area contributed by atoms with Gasteiger partial charge < -0.3 is 0 Å². The quantitative estimate of drug-likeness (QED) is 0.916. The molecule has 1 aromatic carbocycles. The summed E-state index contributed by atoms with van der Waals surface area (Å²) in [5, 5.41) is 5.65. The summed E-state index contributed by atoms with van der Waals surface area (Å²) in [6.07, 6.45) is 0.658. The number of benzene rings is 1. The zero-order valence-corrected chi connectivity index (χ0v) is 9.59. The van der Waals surface area contributed by atoms with Gasteiger partial charge in [0.1, 0.15) is 4.90 Å². The largest absolute Gasteiger partial charge is 0.502 e. The van der Waals surface area contributed by atoms with E-state index in [0.29, 0.717) is 11.8 Å². The summed E-state index contributed by atoms with van der Waals surface area (Å²) in [7, 11) is -5.41. The summed E-state index contributed by atoms with van der Waals surface area (Å²) in [4.78, 5) is -0.874. The van der Waals surface area contributed by atoms with Crippen molar-refractivity contribution in [2.24, 2.45) is 0 Å². The van der Waals surface area contributed by atoms with Crippen LogP contribution in [0.2, 0.25) is 0 Å². The van der Waals surface area contributed by atoms with Crippen LogP contribution in [0.3, 0.4) is 0 Å². The van der Waals surface area contributed by atoms with Crippen LogP contribution in [0.1, 0.15) is 0 Å². The Morgan fingerprint density at radius 2 is 1.72 bits per heavy atom. The van der Waals surface area contributed by atoms with Crippen LogP contribution in [-0.4, -0.2) is 24.1 Å². The molecule has 4 nitrogen and oxygen atoms in total. The van der Waals surface area contributed by atoms with Crippen LogP contribution >= 0.6 is 0 Å². The van der Waals surface area contributed by atoms with E-state index in [1.165, 1.54) is 12.1 Å². The summed E-state index contributed by atoms with van der Waals surface area (Å²) < 4.78 is 60.0. The lowest BCUT2D eigenvalue weighted by molar-refractivity contribution is -0.0435. The van der Waals surface area contributed by atoms with Gasteiger partial charge in [-0.3, -0.25) is 5.10 Å². The number of nitrogens with one attached hydrogen (secondary N) is 1. The molecule has 0 fully saturated rings. The van der Waals surface area contributed by atoms with Crippen molar-refractivity contribution in [3.05, 3.63) is 36.5 Å². The number of rotatable bonds is 2. The Morgan fingerprint density at radius 1 is 1.11 bits per heavy atom. The molecule has 0 atom stereocenters. The van der Waals surface area contributed by atoms with Crippen LogP contribution in [0.25, 0.3) is 11.3 Å². The molecule has 2 rings (SSSR count). The first kappa shape index (κ1) is 12.6. The molecule has 0 bridgehead atoms. The summed E-state index contributed by atoms with van der Waals surface area (Å²) in [5.41, 5.74) is -5.20. The summed E-state index contributed by atoms with van der Waals surface area (Å²) >= 11 is 0. The van der Waals surface area contributed by atoms with Crippen LogP contribution in [0.15, 0.2) is 41.4 Å². The zero-order chi connectivity index (χ0) is 13.4. The maximum atomic E-state index is 12.5. The van der Waals surface area contributed by atoms with E-state index in [-0.39, 0.29) is 5.69 Å². The lowest BCUT2D eigenvalue weighted by Crippen LogP contribution is -2.23. The molecule has 0 aliphatic heterocycles. The number of alkyl halides is 3. The molecule has 0 amide bonds. The monoisotopic (exact) mass is 276 g/mol. The molecule has 0 saturated carbocycles. The fraction of sp³-hybridized carbons (Fsp3) is 0.100. The third-order valence-electron chi connectivity index (χ3n) is 2.26.